The van der Waals surface area contributed by atoms with E-state index in [1.165, 1.54) is 0 Å². The van der Waals surface area contributed by atoms with Crippen LogP contribution in [0.15, 0.2) is 36.5 Å². The van der Waals surface area contributed by atoms with Crippen LogP contribution in [0, 0.1) is 6.92 Å². The molecule has 0 saturated carbocycles. The Balaban J connectivity index is 2.18. The third-order valence-electron chi connectivity index (χ3n) is 2.27. The van der Waals surface area contributed by atoms with Crippen LogP contribution in [0.25, 0.3) is 0 Å². The summed E-state index contributed by atoms with van der Waals surface area (Å²) in [5, 5.41) is 3.05. The third-order valence-corrected chi connectivity index (χ3v) is 2.27. The number of anilines is 1. The Hall–Kier alpha value is -2.10. The summed E-state index contributed by atoms with van der Waals surface area (Å²) >= 11 is 0. The van der Waals surface area contributed by atoms with Crippen LogP contribution in [0.1, 0.15) is 12.5 Å². The molecule has 0 amide bonds. The minimum Gasteiger partial charge on any atom is -0.439 e. The van der Waals surface area contributed by atoms with Crippen LogP contribution in [0.2, 0.25) is 0 Å². The normalized spacial score (nSPS) is 10.0. The molecule has 1 aromatic carbocycles. The molecule has 0 aliphatic rings. The number of aryl methyl sites for hydroxylation is 1. The van der Waals surface area contributed by atoms with Crippen LogP contribution in [0.4, 0.5) is 5.95 Å². The second-order valence-electron chi connectivity index (χ2n) is 3.62. The van der Waals surface area contributed by atoms with Gasteiger partial charge in [0.2, 0.25) is 11.8 Å². The number of aromatic nitrogens is 2. The third kappa shape index (κ3) is 2.93. The second-order valence-corrected chi connectivity index (χ2v) is 3.62. The summed E-state index contributed by atoms with van der Waals surface area (Å²) in [4.78, 5) is 8.35. The second kappa shape index (κ2) is 5.30. The smallest absolute Gasteiger partial charge is 0.225 e. The molecule has 1 heterocycles. The number of nitrogens with zero attached hydrogens (tertiary/aromatic N) is 2. The molecular weight excluding hydrogens is 214 g/mol. The summed E-state index contributed by atoms with van der Waals surface area (Å²) < 4.78 is 5.71. The molecule has 0 bridgehead atoms. The lowest BCUT2D eigenvalue weighted by atomic mass is 10.2. The number of benzene rings is 1. The van der Waals surface area contributed by atoms with Crippen LogP contribution in [-0.2, 0) is 0 Å². The van der Waals surface area contributed by atoms with Crippen LogP contribution in [-0.4, -0.2) is 16.5 Å². The number of nitrogens with one attached hydrogen (secondary N) is 1. The van der Waals surface area contributed by atoms with E-state index in [4.69, 9.17) is 4.74 Å². The zero-order chi connectivity index (χ0) is 12.1. The number of hydrogen-bond acceptors (Lipinski definition) is 4. The first-order valence-electron chi connectivity index (χ1n) is 5.60. The number of hydrogen-bond donors (Lipinski definition) is 1. The Morgan fingerprint density at radius 2 is 2.06 bits per heavy atom. The Labute approximate surface area is 101 Å². The molecule has 0 radical (unpaired) electrons. The molecule has 0 atom stereocenters. The van der Waals surface area contributed by atoms with Crippen molar-refractivity contribution in [2.24, 2.45) is 0 Å². The minimum atomic E-state index is 0.547. The monoisotopic (exact) mass is 229 g/mol. The van der Waals surface area contributed by atoms with Gasteiger partial charge in [0, 0.05) is 18.8 Å². The Morgan fingerprint density at radius 1 is 1.24 bits per heavy atom. The van der Waals surface area contributed by atoms with Gasteiger partial charge in [-0.2, -0.15) is 4.98 Å². The van der Waals surface area contributed by atoms with Crippen molar-refractivity contribution < 1.29 is 4.74 Å². The lowest BCUT2D eigenvalue weighted by molar-refractivity contribution is 0.459. The highest BCUT2D eigenvalue weighted by Gasteiger charge is 2.02. The fourth-order valence-electron chi connectivity index (χ4n) is 1.43. The predicted octanol–water partition coefficient (Wildman–Crippen LogP) is 3.01. The van der Waals surface area contributed by atoms with E-state index in [1.54, 1.807) is 12.3 Å². The van der Waals surface area contributed by atoms with E-state index >= 15 is 0 Å². The van der Waals surface area contributed by atoms with Crippen molar-refractivity contribution in [3.63, 3.8) is 0 Å². The van der Waals surface area contributed by atoms with Crippen molar-refractivity contribution in [1.29, 1.82) is 0 Å². The van der Waals surface area contributed by atoms with Crippen LogP contribution in [0.3, 0.4) is 0 Å². The highest BCUT2D eigenvalue weighted by atomic mass is 16.5. The van der Waals surface area contributed by atoms with Crippen molar-refractivity contribution in [3.05, 3.63) is 42.1 Å². The molecule has 0 aliphatic carbocycles. The molecule has 4 nitrogen and oxygen atoms in total. The first-order valence-corrected chi connectivity index (χ1v) is 5.60. The van der Waals surface area contributed by atoms with Crippen molar-refractivity contribution in [3.8, 4) is 11.6 Å². The summed E-state index contributed by atoms with van der Waals surface area (Å²) in [5.41, 5.74) is 1.08. The fourth-order valence-corrected chi connectivity index (χ4v) is 1.43. The lowest BCUT2D eigenvalue weighted by Gasteiger charge is -2.08. The molecule has 0 unspecified atom stereocenters. The van der Waals surface area contributed by atoms with Gasteiger partial charge in [-0.15, -0.1) is 0 Å². The molecule has 0 aliphatic heterocycles. The number of rotatable bonds is 4. The maximum absolute atomic E-state index is 5.71. The summed E-state index contributed by atoms with van der Waals surface area (Å²) in [6.45, 7) is 4.79. The van der Waals surface area contributed by atoms with Crippen LogP contribution in [0.5, 0.6) is 11.6 Å². The van der Waals surface area contributed by atoms with E-state index in [-0.39, 0.29) is 0 Å². The highest BCUT2D eigenvalue weighted by Crippen LogP contribution is 2.23. The number of para-hydroxylation sites is 1. The van der Waals surface area contributed by atoms with Gasteiger partial charge in [-0.1, -0.05) is 18.2 Å². The van der Waals surface area contributed by atoms with E-state index in [0.717, 1.165) is 17.9 Å². The van der Waals surface area contributed by atoms with Crippen molar-refractivity contribution in [1.82, 2.24) is 9.97 Å². The standard InChI is InChI=1S/C13H15N3O/c1-3-14-13-15-9-8-12(16-13)17-11-7-5-4-6-10(11)2/h4-9H,3H2,1-2H3,(H,14,15,16). The quantitative estimate of drug-likeness (QED) is 0.875. The van der Waals surface area contributed by atoms with Crippen LogP contribution >= 0.6 is 0 Å². The summed E-state index contributed by atoms with van der Waals surface area (Å²) in [6.07, 6.45) is 1.68. The average Bonchev–Trinajstić information content (AvgIpc) is 2.33. The van der Waals surface area contributed by atoms with Gasteiger partial charge in [0.05, 0.1) is 0 Å². The van der Waals surface area contributed by atoms with Gasteiger partial charge in [0.25, 0.3) is 0 Å². The van der Waals surface area contributed by atoms with Crippen molar-refractivity contribution in [2.45, 2.75) is 13.8 Å². The molecule has 17 heavy (non-hydrogen) atoms. The van der Waals surface area contributed by atoms with Gasteiger partial charge < -0.3 is 10.1 Å². The van der Waals surface area contributed by atoms with Gasteiger partial charge >= 0.3 is 0 Å². The average molecular weight is 229 g/mol. The highest BCUT2D eigenvalue weighted by molar-refractivity contribution is 5.36. The van der Waals surface area contributed by atoms with Gasteiger partial charge in [-0.25, -0.2) is 4.98 Å². The summed E-state index contributed by atoms with van der Waals surface area (Å²) in [7, 11) is 0. The van der Waals surface area contributed by atoms with E-state index in [1.807, 2.05) is 38.1 Å². The number of ether oxygens (including phenoxy) is 1. The van der Waals surface area contributed by atoms with Gasteiger partial charge in [-0.3, -0.25) is 0 Å². The van der Waals surface area contributed by atoms with Gasteiger partial charge in [0.1, 0.15) is 5.75 Å². The topological polar surface area (TPSA) is 47.0 Å². The van der Waals surface area contributed by atoms with Crippen LogP contribution < -0.4 is 10.1 Å². The van der Waals surface area contributed by atoms with Gasteiger partial charge in [0.15, 0.2) is 0 Å². The first kappa shape index (κ1) is 11.4. The van der Waals surface area contributed by atoms with E-state index < -0.39 is 0 Å². The Morgan fingerprint density at radius 3 is 2.82 bits per heavy atom. The molecule has 4 heteroatoms. The van der Waals surface area contributed by atoms with Crippen molar-refractivity contribution in [2.75, 3.05) is 11.9 Å². The zero-order valence-corrected chi connectivity index (χ0v) is 9.97. The predicted molar refractivity (Wildman–Crippen MR) is 67.4 cm³/mol. The Kier molecular flexibility index (Phi) is 3.55. The molecule has 0 saturated heterocycles. The van der Waals surface area contributed by atoms with Gasteiger partial charge in [-0.05, 0) is 25.5 Å². The summed E-state index contributed by atoms with van der Waals surface area (Å²) in [5.74, 6) is 1.94. The molecule has 1 aromatic heterocycles. The SMILES string of the molecule is CCNc1nccc(Oc2ccccc2C)n1. The van der Waals surface area contributed by atoms with E-state index in [9.17, 15) is 0 Å². The Bertz CT molecular complexity index is 500. The largest absolute Gasteiger partial charge is 0.439 e. The molecule has 88 valence electrons. The van der Waals surface area contributed by atoms with Crippen molar-refractivity contribution >= 4 is 5.95 Å². The molecular formula is C13H15N3O. The first-order chi connectivity index (χ1) is 8.29. The minimum absolute atomic E-state index is 0.547. The molecule has 0 spiro atoms. The molecule has 2 aromatic rings. The molecule has 1 N–H and O–H groups in total. The maximum Gasteiger partial charge on any atom is 0.225 e. The summed E-state index contributed by atoms with van der Waals surface area (Å²) in [6, 6.07) is 9.58. The zero-order valence-electron chi connectivity index (χ0n) is 9.97. The molecule has 2 rings (SSSR count). The maximum atomic E-state index is 5.71. The fraction of sp³-hybridized carbons (Fsp3) is 0.231. The van der Waals surface area contributed by atoms with E-state index in [0.29, 0.717) is 11.8 Å². The van der Waals surface area contributed by atoms with E-state index in [2.05, 4.69) is 15.3 Å². The molecule has 0 fully saturated rings. The lowest BCUT2D eigenvalue weighted by Crippen LogP contribution is -2.02.